The molecular formula is C35H67NO6. The van der Waals surface area contributed by atoms with Gasteiger partial charge in [0, 0.05) is 33.0 Å². The Morgan fingerprint density at radius 3 is 1.48 bits per heavy atom. The Balaban J connectivity index is 4.17. The van der Waals surface area contributed by atoms with Gasteiger partial charge < -0.3 is 19.1 Å². The van der Waals surface area contributed by atoms with Gasteiger partial charge >= 0.3 is 11.9 Å². The Morgan fingerprint density at radius 2 is 0.905 bits per heavy atom. The molecule has 0 fully saturated rings. The number of unbranched alkanes of at least 4 members (excludes halogenated alkanes) is 18. The van der Waals surface area contributed by atoms with E-state index in [4.69, 9.17) is 14.2 Å². The third-order valence-corrected chi connectivity index (χ3v) is 7.80. The first-order valence-corrected chi connectivity index (χ1v) is 17.6. The zero-order valence-corrected chi connectivity index (χ0v) is 27.9. The highest BCUT2D eigenvalue weighted by Crippen LogP contribution is 2.14. The van der Waals surface area contributed by atoms with Crippen molar-refractivity contribution in [2.75, 3.05) is 40.0 Å². The zero-order chi connectivity index (χ0) is 30.9. The summed E-state index contributed by atoms with van der Waals surface area (Å²) in [5, 5.41) is 0. The summed E-state index contributed by atoms with van der Waals surface area (Å²) in [6.07, 6.45) is 25.8. The summed E-state index contributed by atoms with van der Waals surface area (Å²) in [5.41, 5.74) is 0. The molecule has 0 atom stereocenters. The molecule has 248 valence electrons. The Hall–Kier alpha value is -1.63. The monoisotopic (exact) mass is 597 g/mol. The van der Waals surface area contributed by atoms with Gasteiger partial charge in [-0.2, -0.15) is 0 Å². The first-order valence-electron chi connectivity index (χ1n) is 17.6. The highest BCUT2D eigenvalue weighted by atomic mass is 16.6. The maximum atomic E-state index is 13.0. The van der Waals surface area contributed by atoms with Gasteiger partial charge in [-0.25, -0.2) is 0 Å². The van der Waals surface area contributed by atoms with Crippen LogP contribution in [-0.2, 0) is 28.6 Å². The minimum absolute atomic E-state index is 0.115. The van der Waals surface area contributed by atoms with Crippen LogP contribution in [0.5, 0.6) is 0 Å². The molecule has 0 heterocycles. The zero-order valence-electron chi connectivity index (χ0n) is 27.9. The maximum Gasteiger partial charge on any atom is 0.307 e. The van der Waals surface area contributed by atoms with Gasteiger partial charge in [-0.1, -0.05) is 123 Å². The summed E-state index contributed by atoms with van der Waals surface area (Å²) in [7, 11) is 1.57. The molecule has 0 aromatic heterocycles. The van der Waals surface area contributed by atoms with E-state index in [-0.39, 0.29) is 30.9 Å². The summed E-state index contributed by atoms with van der Waals surface area (Å²) in [6.45, 7) is 6.58. The van der Waals surface area contributed by atoms with Crippen LogP contribution >= 0.6 is 0 Å². The largest absolute Gasteiger partial charge is 0.466 e. The molecule has 0 aliphatic rings. The van der Waals surface area contributed by atoms with E-state index in [1.54, 1.807) is 7.11 Å². The van der Waals surface area contributed by atoms with Crippen LogP contribution in [0.15, 0.2) is 0 Å². The summed E-state index contributed by atoms with van der Waals surface area (Å²) >= 11 is 0. The third-order valence-electron chi connectivity index (χ3n) is 7.80. The number of esters is 2. The van der Waals surface area contributed by atoms with Gasteiger partial charge in [0.1, 0.15) is 6.61 Å². The second kappa shape index (κ2) is 32.3. The number of rotatable bonds is 32. The second-order valence-electron chi connectivity index (χ2n) is 11.8. The molecule has 0 spiro atoms. The van der Waals surface area contributed by atoms with E-state index in [1.807, 2.05) is 4.90 Å². The standard InChI is InChI=1S/C35H67NO6/c1-4-6-8-10-12-13-14-15-16-18-21-25-33(37)36(29-27-35(39)42-32-31-40-3)28-23-20-22-26-34(38)41-30-24-19-17-11-9-7-5-2/h4-32H2,1-3H3. The lowest BCUT2D eigenvalue weighted by Crippen LogP contribution is -2.34. The van der Waals surface area contributed by atoms with Crippen molar-refractivity contribution in [3.8, 4) is 0 Å². The lowest BCUT2D eigenvalue weighted by molar-refractivity contribution is -0.146. The lowest BCUT2D eigenvalue weighted by Gasteiger charge is -2.22. The predicted molar refractivity (Wildman–Crippen MR) is 173 cm³/mol. The van der Waals surface area contributed by atoms with E-state index < -0.39 is 0 Å². The molecule has 0 rings (SSSR count). The Bertz CT molecular complexity index is 627. The van der Waals surface area contributed by atoms with Crippen LogP contribution in [0.1, 0.15) is 168 Å². The molecule has 42 heavy (non-hydrogen) atoms. The normalized spacial score (nSPS) is 11.0. The second-order valence-corrected chi connectivity index (χ2v) is 11.8. The first-order chi connectivity index (χ1) is 20.5. The fourth-order valence-electron chi connectivity index (χ4n) is 5.06. The summed E-state index contributed by atoms with van der Waals surface area (Å²) in [4.78, 5) is 38.9. The highest BCUT2D eigenvalue weighted by Gasteiger charge is 2.15. The van der Waals surface area contributed by atoms with Crippen molar-refractivity contribution < 1.29 is 28.6 Å². The number of carbonyl (C=O) groups is 3. The predicted octanol–water partition coefficient (Wildman–Crippen LogP) is 8.95. The summed E-state index contributed by atoms with van der Waals surface area (Å²) in [6, 6.07) is 0. The molecule has 0 aliphatic heterocycles. The van der Waals surface area contributed by atoms with Crippen molar-refractivity contribution in [2.45, 2.75) is 168 Å². The number of hydrogen-bond acceptors (Lipinski definition) is 6. The highest BCUT2D eigenvalue weighted by molar-refractivity contribution is 5.77. The Morgan fingerprint density at radius 1 is 0.452 bits per heavy atom. The van der Waals surface area contributed by atoms with Crippen LogP contribution in [0, 0.1) is 0 Å². The van der Waals surface area contributed by atoms with E-state index in [0.717, 1.165) is 44.9 Å². The molecular weight excluding hydrogens is 530 g/mol. The number of nitrogens with zero attached hydrogens (tertiary/aromatic N) is 1. The van der Waals surface area contributed by atoms with E-state index >= 15 is 0 Å². The summed E-state index contributed by atoms with van der Waals surface area (Å²) < 4.78 is 15.5. The van der Waals surface area contributed by atoms with Crippen molar-refractivity contribution in [2.24, 2.45) is 0 Å². The average molecular weight is 598 g/mol. The molecule has 0 N–H and O–H groups in total. The fraction of sp³-hybridized carbons (Fsp3) is 0.914. The molecule has 0 aliphatic carbocycles. The summed E-state index contributed by atoms with van der Waals surface area (Å²) in [5.74, 6) is -0.308. The van der Waals surface area contributed by atoms with Crippen LogP contribution in [0.25, 0.3) is 0 Å². The van der Waals surface area contributed by atoms with Crippen molar-refractivity contribution in [1.29, 1.82) is 0 Å². The molecule has 0 saturated carbocycles. The van der Waals surface area contributed by atoms with Crippen molar-refractivity contribution in [3.05, 3.63) is 0 Å². The fourth-order valence-corrected chi connectivity index (χ4v) is 5.06. The van der Waals surface area contributed by atoms with Crippen molar-refractivity contribution in [3.63, 3.8) is 0 Å². The van der Waals surface area contributed by atoms with Gasteiger partial charge in [-0.05, 0) is 25.7 Å². The van der Waals surface area contributed by atoms with Crippen LogP contribution in [0.3, 0.4) is 0 Å². The SMILES string of the molecule is CCCCCCCCCCCCCC(=O)N(CCCCCC(=O)OCCCCCCCCC)CCC(=O)OCCOC. The Kier molecular flexibility index (Phi) is 31.0. The van der Waals surface area contributed by atoms with Gasteiger partial charge in [-0.15, -0.1) is 0 Å². The van der Waals surface area contributed by atoms with E-state index in [1.165, 1.54) is 89.9 Å². The van der Waals surface area contributed by atoms with Crippen LogP contribution in [-0.4, -0.2) is 62.8 Å². The maximum absolute atomic E-state index is 13.0. The van der Waals surface area contributed by atoms with Gasteiger partial charge in [0.25, 0.3) is 0 Å². The molecule has 1 amide bonds. The van der Waals surface area contributed by atoms with Crippen LogP contribution < -0.4 is 0 Å². The molecule has 7 heteroatoms. The molecule has 0 unspecified atom stereocenters. The van der Waals surface area contributed by atoms with E-state index in [9.17, 15) is 14.4 Å². The topological polar surface area (TPSA) is 82.1 Å². The molecule has 0 bridgehead atoms. The average Bonchev–Trinajstić information content (AvgIpc) is 2.98. The van der Waals surface area contributed by atoms with Crippen LogP contribution in [0.4, 0.5) is 0 Å². The third kappa shape index (κ3) is 28.5. The Labute approximate surface area is 259 Å². The molecule has 0 aromatic rings. The number of hydrogen-bond donors (Lipinski definition) is 0. The number of amides is 1. The molecule has 0 radical (unpaired) electrons. The first kappa shape index (κ1) is 40.4. The van der Waals surface area contributed by atoms with Gasteiger partial charge in [-0.3, -0.25) is 14.4 Å². The quantitative estimate of drug-likeness (QED) is 0.0569. The van der Waals surface area contributed by atoms with E-state index in [2.05, 4.69) is 13.8 Å². The van der Waals surface area contributed by atoms with E-state index in [0.29, 0.717) is 39.1 Å². The van der Waals surface area contributed by atoms with Gasteiger partial charge in [0.2, 0.25) is 5.91 Å². The van der Waals surface area contributed by atoms with Gasteiger partial charge in [0.15, 0.2) is 0 Å². The van der Waals surface area contributed by atoms with Crippen molar-refractivity contribution in [1.82, 2.24) is 4.90 Å². The molecule has 0 aromatic carbocycles. The van der Waals surface area contributed by atoms with Crippen molar-refractivity contribution >= 4 is 17.8 Å². The van der Waals surface area contributed by atoms with Gasteiger partial charge in [0.05, 0.1) is 19.6 Å². The van der Waals surface area contributed by atoms with Crippen LogP contribution in [0.2, 0.25) is 0 Å². The smallest absolute Gasteiger partial charge is 0.307 e. The number of carbonyl (C=O) groups excluding carboxylic acids is 3. The minimum Gasteiger partial charge on any atom is -0.466 e. The lowest BCUT2D eigenvalue weighted by atomic mass is 10.0. The minimum atomic E-state index is -0.303. The molecule has 0 saturated heterocycles. The molecule has 7 nitrogen and oxygen atoms in total. The number of ether oxygens (including phenoxy) is 3. The number of methoxy groups -OCH3 is 1.